The lowest BCUT2D eigenvalue weighted by Gasteiger charge is -2.04. The van der Waals surface area contributed by atoms with Crippen molar-refractivity contribution in [2.24, 2.45) is 0 Å². The molecule has 3 nitrogen and oxygen atoms in total. The van der Waals surface area contributed by atoms with Crippen molar-refractivity contribution in [1.29, 1.82) is 0 Å². The molecule has 0 saturated carbocycles. The van der Waals surface area contributed by atoms with E-state index < -0.39 is 9.05 Å². The first-order valence-electron chi connectivity index (χ1n) is 3.74. The summed E-state index contributed by atoms with van der Waals surface area (Å²) in [6.07, 6.45) is 4.07. The van der Waals surface area contributed by atoms with Crippen molar-refractivity contribution in [1.82, 2.24) is 0 Å². The molecule has 0 aliphatic carbocycles. The third-order valence-electron chi connectivity index (χ3n) is 1.49. The smallest absolute Gasteiger partial charge is 0.269 e. The van der Waals surface area contributed by atoms with Gasteiger partial charge in [-0.1, -0.05) is 12.8 Å². The lowest BCUT2D eigenvalue weighted by Crippen LogP contribution is -2.08. The van der Waals surface area contributed by atoms with Gasteiger partial charge >= 0.3 is 0 Å². The quantitative estimate of drug-likeness (QED) is 0.582. The summed E-state index contributed by atoms with van der Waals surface area (Å²) < 4.78 is 20.8. The maximum Gasteiger partial charge on any atom is 0.269 e. The zero-order chi connectivity index (χ0) is 8.16. The summed E-state index contributed by atoms with van der Waals surface area (Å²) in [6, 6.07) is 0. The third kappa shape index (κ3) is 4.00. The van der Waals surface area contributed by atoms with Crippen LogP contribution in [-0.4, -0.2) is 17.4 Å². The van der Waals surface area contributed by atoms with Gasteiger partial charge in [0, 0.05) is 11.2 Å². The molecule has 0 amide bonds. The lowest BCUT2D eigenvalue weighted by atomic mass is 10.2. The second kappa shape index (κ2) is 4.35. The maximum absolute atomic E-state index is 11.1. The monoisotopic (exact) mass is 196 g/mol. The van der Waals surface area contributed by atoms with Gasteiger partial charge in [0.2, 0.25) is 0 Å². The number of hydrogen-bond donors (Lipinski definition) is 0. The molecule has 1 fully saturated rings. The Morgan fingerprint density at radius 2 is 1.45 bits per heavy atom. The van der Waals surface area contributed by atoms with Crippen LogP contribution in [0.4, 0.5) is 0 Å². The average Bonchev–Trinajstić information content (AvgIpc) is 2.00. The summed E-state index contributed by atoms with van der Waals surface area (Å²) in [7, 11) is -2.83. The molecule has 1 aliphatic heterocycles. The van der Waals surface area contributed by atoms with E-state index >= 15 is 0 Å². The van der Waals surface area contributed by atoms with Crippen molar-refractivity contribution >= 4 is 20.2 Å². The Hall–Kier alpha value is 0.290. The Bertz CT molecular complexity index is 182. The predicted octanol–water partition coefficient (Wildman–Crippen LogP) is 1.17. The van der Waals surface area contributed by atoms with E-state index in [9.17, 15) is 4.21 Å². The van der Waals surface area contributed by atoms with Gasteiger partial charge in [-0.15, -0.1) is 0 Å². The Morgan fingerprint density at radius 3 is 1.91 bits per heavy atom. The van der Waals surface area contributed by atoms with E-state index in [4.69, 9.17) is 8.37 Å². The lowest BCUT2D eigenvalue weighted by molar-refractivity contribution is 0.254. The van der Waals surface area contributed by atoms with Crippen molar-refractivity contribution < 1.29 is 12.6 Å². The van der Waals surface area contributed by atoms with E-state index in [1.165, 1.54) is 0 Å². The molecular formula is C6H12O3S2. The van der Waals surface area contributed by atoms with Crippen LogP contribution in [-0.2, 0) is 28.6 Å². The van der Waals surface area contributed by atoms with Gasteiger partial charge in [0.15, 0.2) is 0 Å². The van der Waals surface area contributed by atoms with Gasteiger partial charge in [0.25, 0.3) is 9.05 Å². The summed E-state index contributed by atoms with van der Waals surface area (Å²) in [4.78, 5) is 0. The van der Waals surface area contributed by atoms with Crippen LogP contribution < -0.4 is 0 Å². The Morgan fingerprint density at radius 1 is 1.00 bits per heavy atom. The zero-order valence-electron chi connectivity index (χ0n) is 6.28. The SMILES string of the molecule is O=S1(=S)OCCCCCCO1. The highest BCUT2D eigenvalue weighted by molar-refractivity contribution is 8.27. The molecule has 0 aromatic heterocycles. The predicted molar refractivity (Wildman–Crippen MR) is 45.9 cm³/mol. The molecule has 0 aromatic carbocycles. The molecule has 66 valence electrons. The van der Waals surface area contributed by atoms with Crippen LogP contribution in [0.3, 0.4) is 0 Å². The van der Waals surface area contributed by atoms with E-state index in [-0.39, 0.29) is 0 Å². The highest BCUT2D eigenvalue weighted by Gasteiger charge is 2.08. The molecule has 1 rings (SSSR count). The standard InChI is InChI=1S/C6H12O3S2/c7-11(10)8-5-3-1-2-4-6-9-11/h1-6H2. The van der Waals surface area contributed by atoms with E-state index in [1.54, 1.807) is 0 Å². The van der Waals surface area contributed by atoms with Crippen LogP contribution >= 0.6 is 0 Å². The molecule has 0 atom stereocenters. The summed E-state index contributed by atoms with van der Waals surface area (Å²) in [5.41, 5.74) is 0. The first kappa shape index (κ1) is 9.38. The van der Waals surface area contributed by atoms with Crippen molar-refractivity contribution in [3.8, 4) is 0 Å². The van der Waals surface area contributed by atoms with Crippen molar-refractivity contribution in [3.63, 3.8) is 0 Å². The van der Waals surface area contributed by atoms with Gasteiger partial charge < -0.3 is 0 Å². The third-order valence-corrected chi connectivity index (χ3v) is 2.98. The van der Waals surface area contributed by atoms with E-state index in [1.807, 2.05) is 0 Å². The summed E-state index contributed by atoms with van der Waals surface area (Å²) in [5, 5.41) is 0. The molecule has 1 aliphatic rings. The molecule has 0 radical (unpaired) electrons. The average molecular weight is 196 g/mol. The van der Waals surface area contributed by atoms with Gasteiger partial charge in [-0.05, 0) is 12.8 Å². The molecular weight excluding hydrogens is 184 g/mol. The highest BCUT2D eigenvalue weighted by Crippen LogP contribution is 2.08. The molecule has 5 heteroatoms. The molecule has 11 heavy (non-hydrogen) atoms. The normalized spacial score (nSPS) is 26.5. The minimum absolute atomic E-state index is 0.461. The second-order valence-corrected chi connectivity index (χ2v) is 4.98. The molecule has 1 saturated heterocycles. The van der Waals surface area contributed by atoms with Gasteiger partial charge in [-0.25, -0.2) is 0 Å². The minimum Gasteiger partial charge on any atom is -0.270 e. The summed E-state index contributed by atoms with van der Waals surface area (Å²) in [5.74, 6) is 0. The second-order valence-electron chi connectivity index (χ2n) is 2.47. The summed E-state index contributed by atoms with van der Waals surface area (Å²) in [6.45, 7) is 0.921. The van der Waals surface area contributed by atoms with Crippen molar-refractivity contribution in [3.05, 3.63) is 0 Å². The molecule has 1 heterocycles. The van der Waals surface area contributed by atoms with Crippen molar-refractivity contribution in [2.45, 2.75) is 25.7 Å². The fourth-order valence-corrected chi connectivity index (χ4v) is 2.03. The largest absolute Gasteiger partial charge is 0.270 e. The van der Waals surface area contributed by atoms with Crippen LogP contribution in [0.1, 0.15) is 25.7 Å². The van der Waals surface area contributed by atoms with Crippen LogP contribution in [0.25, 0.3) is 0 Å². The molecule has 0 unspecified atom stereocenters. The molecule has 0 N–H and O–H groups in total. The van der Waals surface area contributed by atoms with Crippen molar-refractivity contribution in [2.75, 3.05) is 13.2 Å². The number of hydrogen-bond acceptors (Lipinski definition) is 4. The van der Waals surface area contributed by atoms with E-state index in [0.717, 1.165) is 25.7 Å². The Kier molecular flexibility index (Phi) is 3.71. The minimum atomic E-state index is -2.83. The van der Waals surface area contributed by atoms with E-state index in [0.29, 0.717) is 13.2 Å². The Labute approximate surface area is 72.2 Å². The fourth-order valence-electron chi connectivity index (χ4n) is 0.914. The number of rotatable bonds is 0. The van der Waals surface area contributed by atoms with E-state index in [2.05, 4.69) is 11.2 Å². The molecule has 0 spiro atoms. The van der Waals surface area contributed by atoms with Crippen LogP contribution in [0.15, 0.2) is 0 Å². The first-order valence-corrected chi connectivity index (χ1v) is 6.08. The fraction of sp³-hybridized carbons (Fsp3) is 1.00. The van der Waals surface area contributed by atoms with Gasteiger partial charge in [-0.3, -0.25) is 8.37 Å². The highest BCUT2D eigenvalue weighted by atomic mass is 32.9. The van der Waals surface area contributed by atoms with Gasteiger partial charge in [-0.2, -0.15) is 4.21 Å². The topological polar surface area (TPSA) is 35.5 Å². The Balaban J connectivity index is 2.44. The van der Waals surface area contributed by atoms with Crippen LogP contribution in [0.5, 0.6) is 0 Å². The first-order chi connectivity index (χ1) is 5.21. The van der Waals surface area contributed by atoms with Crippen LogP contribution in [0, 0.1) is 0 Å². The molecule has 0 aromatic rings. The summed E-state index contributed by atoms with van der Waals surface area (Å²) >= 11 is 4.59. The zero-order valence-corrected chi connectivity index (χ0v) is 7.92. The van der Waals surface area contributed by atoms with Gasteiger partial charge in [0.05, 0.1) is 13.2 Å². The van der Waals surface area contributed by atoms with Gasteiger partial charge in [0.1, 0.15) is 0 Å². The molecule has 0 bridgehead atoms. The maximum atomic E-state index is 11.1. The van der Waals surface area contributed by atoms with Crippen LogP contribution in [0.2, 0.25) is 0 Å².